The van der Waals surface area contributed by atoms with Gasteiger partial charge in [-0.3, -0.25) is 9.69 Å². The Balaban J connectivity index is 1.55. The van der Waals surface area contributed by atoms with Crippen LogP contribution in [0, 0.1) is 5.92 Å². The predicted octanol–water partition coefficient (Wildman–Crippen LogP) is 1.79. The fourth-order valence-corrected chi connectivity index (χ4v) is 3.51. The highest BCUT2D eigenvalue weighted by molar-refractivity contribution is 7.98. The van der Waals surface area contributed by atoms with Gasteiger partial charge in [-0.15, -0.1) is 5.10 Å². The van der Waals surface area contributed by atoms with E-state index in [0.29, 0.717) is 29.9 Å². The number of piperidine rings is 1. The highest BCUT2D eigenvalue weighted by Crippen LogP contribution is 2.26. The smallest absolute Gasteiger partial charge is 0.249 e. The van der Waals surface area contributed by atoms with Crippen LogP contribution in [-0.2, 0) is 17.9 Å². The summed E-state index contributed by atoms with van der Waals surface area (Å²) in [6, 6.07) is 10.2. The molecule has 1 fully saturated rings. The zero-order valence-corrected chi connectivity index (χ0v) is 13.7. The van der Waals surface area contributed by atoms with Crippen molar-refractivity contribution < 1.29 is 4.79 Å². The van der Waals surface area contributed by atoms with Gasteiger partial charge in [0.05, 0.1) is 18.8 Å². The SMILES string of the molecule is CSc1nc2n(n1)CC1CN(Cc3ccccc3)CC(=O)C1=N2. The average Bonchev–Trinajstić information content (AvgIpc) is 2.96. The largest absolute Gasteiger partial charge is 0.291 e. The fourth-order valence-electron chi connectivity index (χ4n) is 3.16. The first-order valence-corrected chi connectivity index (χ1v) is 8.82. The summed E-state index contributed by atoms with van der Waals surface area (Å²) < 4.78 is 1.82. The predicted molar refractivity (Wildman–Crippen MR) is 89.1 cm³/mol. The van der Waals surface area contributed by atoms with Crippen LogP contribution < -0.4 is 0 Å². The molecule has 1 aromatic carbocycles. The number of carbonyl (C=O) groups is 1. The van der Waals surface area contributed by atoms with Crippen molar-refractivity contribution in [1.82, 2.24) is 19.7 Å². The van der Waals surface area contributed by atoms with E-state index in [1.54, 1.807) is 0 Å². The summed E-state index contributed by atoms with van der Waals surface area (Å²) in [7, 11) is 0. The number of hydrogen-bond donors (Lipinski definition) is 0. The molecule has 2 aliphatic heterocycles. The molecule has 2 aromatic rings. The molecule has 7 heteroatoms. The maximum atomic E-state index is 12.5. The quantitative estimate of drug-likeness (QED) is 0.804. The van der Waals surface area contributed by atoms with Crippen LogP contribution in [-0.4, -0.2) is 50.5 Å². The Morgan fingerprint density at radius 1 is 1.26 bits per heavy atom. The number of hydrogen-bond acceptors (Lipinski definition) is 6. The Labute approximate surface area is 138 Å². The second-order valence-corrected chi connectivity index (χ2v) is 6.63. The number of nitrogens with zero attached hydrogens (tertiary/aromatic N) is 5. The molecule has 0 radical (unpaired) electrons. The van der Waals surface area contributed by atoms with Crippen LogP contribution in [0.4, 0.5) is 5.95 Å². The third kappa shape index (κ3) is 2.82. The Bertz CT molecular complexity index is 770. The summed E-state index contributed by atoms with van der Waals surface area (Å²) >= 11 is 1.49. The molecule has 0 amide bonds. The Kier molecular flexibility index (Phi) is 3.74. The summed E-state index contributed by atoms with van der Waals surface area (Å²) in [5, 5.41) is 5.13. The second kappa shape index (κ2) is 5.90. The van der Waals surface area contributed by atoms with Crippen LogP contribution in [0.25, 0.3) is 0 Å². The number of fused-ring (bicyclic) bond motifs is 2. The van der Waals surface area contributed by atoms with Gasteiger partial charge in [0.1, 0.15) is 0 Å². The lowest BCUT2D eigenvalue weighted by molar-refractivity contribution is -0.115. The van der Waals surface area contributed by atoms with Crippen molar-refractivity contribution in [3.8, 4) is 0 Å². The van der Waals surface area contributed by atoms with Crippen LogP contribution in [0.3, 0.4) is 0 Å². The van der Waals surface area contributed by atoms with Crippen molar-refractivity contribution in [2.45, 2.75) is 18.2 Å². The molecular formula is C16H17N5OS. The van der Waals surface area contributed by atoms with E-state index in [1.165, 1.54) is 17.3 Å². The number of ketones is 1. The third-order valence-electron chi connectivity index (χ3n) is 4.20. The zero-order valence-electron chi connectivity index (χ0n) is 12.8. The van der Waals surface area contributed by atoms with Crippen molar-refractivity contribution in [3.05, 3.63) is 35.9 Å². The number of aromatic nitrogens is 3. The van der Waals surface area contributed by atoms with Crippen LogP contribution >= 0.6 is 11.8 Å². The summed E-state index contributed by atoms with van der Waals surface area (Å²) in [5.74, 6) is 0.770. The molecule has 1 aromatic heterocycles. The standard InChI is InChI=1S/C16H17N5OS/c1-23-16-18-15-17-14-12(9-21(15)19-16)8-20(10-13(14)22)7-11-5-3-2-4-6-11/h2-6,12H,7-10H2,1H3. The minimum atomic E-state index is 0.101. The van der Waals surface area contributed by atoms with Gasteiger partial charge in [0.2, 0.25) is 11.1 Å². The highest BCUT2D eigenvalue weighted by Gasteiger charge is 2.36. The monoisotopic (exact) mass is 327 g/mol. The van der Waals surface area contributed by atoms with E-state index in [2.05, 4.69) is 32.1 Å². The Morgan fingerprint density at radius 3 is 2.87 bits per heavy atom. The van der Waals surface area contributed by atoms with E-state index in [1.807, 2.05) is 29.1 Å². The van der Waals surface area contributed by atoms with E-state index in [4.69, 9.17) is 0 Å². The number of benzene rings is 1. The third-order valence-corrected chi connectivity index (χ3v) is 4.73. The average molecular weight is 327 g/mol. The first-order chi connectivity index (χ1) is 11.2. The first-order valence-electron chi connectivity index (χ1n) is 7.60. The van der Waals surface area contributed by atoms with Gasteiger partial charge >= 0.3 is 0 Å². The summed E-state index contributed by atoms with van der Waals surface area (Å²) in [4.78, 5) is 23.5. The van der Waals surface area contributed by atoms with E-state index in [-0.39, 0.29) is 11.7 Å². The molecule has 3 heterocycles. The van der Waals surface area contributed by atoms with E-state index in [9.17, 15) is 4.79 Å². The number of likely N-dealkylation sites (tertiary alicyclic amines) is 1. The van der Waals surface area contributed by atoms with Gasteiger partial charge in [0, 0.05) is 19.0 Å². The molecule has 0 saturated carbocycles. The molecule has 1 unspecified atom stereocenters. The van der Waals surface area contributed by atoms with Crippen LogP contribution in [0.5, 0.6) is 0 Å². The van der Waals surface area contributed by atoms with Crippen LogP contribution in [0.2, 0.25) is 0 Å². The molecule has 0 aliphatic carbocycles. The molecule has 23 heavy (non-hydrogen) atoms. The topological polar surface area (TPSA) is 63.4 Å². The molecule has 0 bridgehead atoms. The van der Waals surface area contributed by atoms with Gasteiger partial charge in [-0.25, -0.2) is 9.67 Å². The zero-order chi connectivity index (χ0) is 15.8. The second-order valence-electron chi connectivity index (χ2n) is 5.85. The number of carbonyl (C=O) groups excluding carboxylic acids is 1. The maximum absolute atomic E-state index is 12.5. The number of aliphatic imine (C=N–C) groups is 1. The number of Topliss-reactive ketones (excluding diaryl/α,β-unsaturated/α-hetero) is 1. The fraction of sp³-hybridized carbons (Fsp3) is 0.375. The van der Waals surface area contributed by atoms with E-state index < -0.39 is 0 Å². The molecule has 6 nitrogen and oxygen atoms in total. The van der Waals surface area contributed by atoms with Crippen molar-refractivity contribution in [1.29, 1.82) is 0 Å². The summed E-state index contributed by atoms with van der Waals surface area (Å²) in [6.07, 6.45) is 1.94. The van der Waals surface area contributed by atoms with Gasteiger partial charge in [0.25, 0.3) is 0 Å². The van der Waals surface area contributed by atoms with Crippen LogP contribution in [0.1, 0.15) is 5.56 Å². The molecule has 1 saturated heterocycles. The lowest BCUT2D eigenvalue weighted by Gasteiger charge is -2.34. The van der Waals surface area contributed by atoms with Crippen molar-refractivity contribution in [3.63, 3.8) is 0 Å². The maximum Gasteiger partial charge on any atom is 0.249 e. The lowest BCUT2D eigenvalue weighted by atomic mass is 9.93. The molecule has 0 spiro atoms. The van der Waals surface area contributed by atoms with E-state index in [0.717, 1.165) is 13.1 Å². The molecule has 0 N–H and O–H groups in total. The lowest BCUT2D eigenvalue weighted by Crippen LogP contribution is -2.49. The van der Waals surface area contributed by atoms with Gasteiger partial charge in [0.15, 0.2) is 5.78 Å². The first kappa shape index (κ1) is 14.6. The van der Waals surface area contributed by atoms with Gasteiger partial charge in [-0.2, -0.15) is 4.98 Å². The Morgan fingerprint density at radius 2 is 2.09 bits per heavy atom. The Hall–Kier alpha value is -1.99. The van der Waals surface area contributed by atoms with Gasteiger partial charge < -0.3 is 0 Å². The highest BCUT2D eigenvalue weighted by atomic mass is 32.2. The number of thioether (sulfide) groups is 1. The van der Waals surface area contributed by atoms with Crippen molar-refractivity contribution in [2.75, 3.05) is 19.3 Å². The molecule has 4 rings (SSSR count). The minimum Gasteiger partial charge on any atom is -0.291 e. The molecule has 2 aliphatic rings. The van der Waals surface area contributed by atoms with Crippen molar-refractivity contribution in [2.24, 2.45) is 10.9 Å². The van der Waals surface area contributed by atoms with E-state index >= 15 is 0 Å². The van der Waals surface area contributed by atoms with Crippen molar-refractivity contribution >= 4 is 29.2 Å². The molecular weight excluding hydrogens is 310 g/mol. The normalized spacial score (nSPS) is 20.8. The van der Waals surface area contributed by atoms with Crippen LogP contribution in [0.15, 0.2) is 40.5 Å². The van der Waals surface area contributed by atoms with Gasteiger partial charge in [-0.1, -0.05) is 42.1 Å². The summed E-state index contributed by atoms with van der Waals surface area (Å²) in [6.45, 7) is 2.72. The minimum absolute atomic E-state index is 0.101. The molecule has 1 atom stereocenters. The summed E-state index contributed by atoms with van der Waals surface area (Å²) in [5.41, 5.74) is 1.89. The van der Waals surface area contributed by atoms with Gasteiger partial charge in [-0.05, 0) is 11.8 Å². The molecule has 118 valence electrons. The number of rotatable bonds is 3.